The minimum absolute atomic E-state index is 0.0592. The van der Waals surface area contributed by atoms with E-state index in [1.54, 1.807) is 0 Å². The van der Waals surface area contributed by atoms with Crippen LogP contribution in [0.2, 0.25) is 0 Å². The number of nitrogens with one attached hydrogen (secondary N) is 1. The van der Waals surface area contributed by atoms with Gasteiger partial charge in [-0.2, -0.15) is 0 Å². The van der Waals surface area contributed by atoms with Crippen molar-refractivity contribution in [2.24, 2.45) is 0 Å². The first kappa shape index (κ1) is 16.7. The number of ketones is 1. The number of rotatable bonds is 5. The second kappa shape index (κ2) is 6.62. The quantitative estimate of drug-likeness (QED) is 0.670. The fourth-order valence-electron chi connectivity index (χ4n) is 1.90. The average Bonchev–Trinajstić information content (AvgIpc) is 2.54. The first-order valence-electron chi connectivity index (χ1n) is 6.65. The van der Waals surface area contributed by atoms with Crippen LogP contribution in [0.3, 0.4) is 0 Å². The Morgan fingerprint density at radius 3 is 2.22 bits per heavy atom. The number of hydrogen-bond donors (Lipinski definition) is 1. The highest BCUT2D eigenvalue weighted by Gasteiger charge is 2.16. The van der Waals surface area contributed by atoms with Crippen molar-refractivity contribution in [1.82, 2.24) is 0 Å². The maximum atomic E-state index is 12.4. The van der Waals surface area contributed by atoms with Gasteiger partial charge in [0.1, 0.15) is 0 Å². The second-order valence-electron chi connectivity index (χ2n) is 4.76. The molecular formula is C16H15NO5S. The molecule has 0 spiro atoms. The summed E-state index contributed by atoms with van der Waals surface area (Å²) in [5, 5.41) is 0. The van der Waals surface area contributed by atoms with Gasteiger partial charge in [0.15, 0.2) is 5.78 Å². The molecule has 0 bridgehead atoms. The van der Waals surface area contributed by atoms with Crippen molar-refractivity contribution >= 4 is 27.5 Å². The fraction of sp³-hybridized carbons (Fsp3) is 0.125. The Morgan fingerprint density at radius 2 is 1.65 bits per heavy atom. The van der Waals surface area contributed by atoms with Crippen molar-refractivity contribution in [3.8, 4) is 0 Å². The van der Waals surface area contributed by atoms with Gasteiger partial charge in [0.05, 0.1) is 17.6 Å². The van der Waals surface area contributed by atoms with E-state index in [0.29, 0.717) is 11.3 Å². The Morgan fingerprint density at radius 1 is 1.00 bits per heavy atom. The number of esters is 1. The van der Waals surface area contributed by atoms with Gasteiger partial charge in [0.25, 0.3) is 10.0 Å². The van der Waals surface area contributed by atoms with E-state index < -0.39 is 16.0 Å². The molecule has 0 saturated carbocycles. The van der Waals surface area contributed by atoms with Crippen molar-refractivity contribution in [3.63, 3.8) is 0 Å². The summed E-state index contributed by atoms with van der Waals surface area (Å²) in [7, 11) is -2.63. The van der Waals surface area contributed by atoms with Crippen LogP contribution in [-0.2, 0) is 14.8 Å². The monoisotopic (exact) mass is 333 g/mol. The van der Waals surface area contributed by atoms with Gasteiger partial charge in [-0.15, -0.1) is 0 Å². The van der Waals surface area contributed by atoms with Crippen molar-refractivity contribution in [3.05, 3.63) is 59.7 Å². The lowest BCUT2D eigenvalue weighted by atomic mass is 10.1. The summed E-state index contributed by atoms with van der Waals surface area (Å²) >= 11 is 0. The van der Waals surface area contributed by atoms with Gasteiger partial charge in [-0.1, -0.05) is 6.07 Å². The molecule has 0 fully saturated rings. The molecule has 23 heavy (non-hydrogen) atoms. The molecule has 0 aromatic heterocycles. The smallest absolute Gasteiger partial charge is 0.337 e. The Balaban J connectivity index is 2.28. The van der Waals surface area contributed by atoms with Crippen LogP contribution >= 0.6 is 0 Å². The standard InChI is InChI=1S/C16H15NO5S/c1-11(18)12-6-8-14(9-7-12)17-23(20,21)15-5-3-4-13(10-15)16(19)22-2/h3-10,17H,1-2H3. The van der Waals surface area contributed by atoms with Gasteiger partial charge >= 0.3 is 5.97 Å². The van der Waals surface area contributed by atoms with Gasteiger partial charge in [0, 0.05) is 11.3 Å². The lowest BCUT2D eigenvalue weighted by Crippen LogP contribution is -2.14. The maximum Gasteiger partial charge on any atom is 0.337 e. The number of methoxy groups -OCH3 is 1. The Bertz CT molecular complexity index is 841. The summed E-state index contributed by atoms with van der Waals surface area (Å²) in [4.78, 5) is 22.6. The van der Waals surface area contributed by atoms with Gasteiger partial charge in [-0.25, -0.2) is 13.2 Å². The zero-order valence-electron chi connectivity index (χ0n) is 12.6. The SMILES string of the molecule is COC(=O)c1cccc(S(=O)(=O)Nc2ccc(C(C)=O)cc2)c1. The molecule has 1 N–H and O–H groups in total. The first-order valence-corrected chi connectivity index (χ1v) is 8.14. The highest BCUT2D eigenvalue weighted by molar-refractivity contribution is 7.92. The van der Waals surface area contributed by atoms with Crippen LogP contribution in [0.4, 0.5) is 5.69 Å². The van der Waals surface area contributed by atoms with E-state index in [-0.39, 0.29) is 16.2 Å². The predicted molar refractivity (Wildman–Crippen MR) is 85.0 cm³/mol. The van der Waals surface area contributed by atoms with Crippen LogP contribution in [0.1, 0.15) is 27.6 Å². The molecule has 0 aliphatic heterocycles. The molecule has 0 atom stereocenters. The van der Waals surface area contributed by atoms with Gasteiger partial charge < -0.3 is 4.74 Å². The number of carbonyl (C=O) groups is 2. The Labute approximate surface area is 134 Å². The minimum atomic E-state index is -3.85. The zero-order valence-corrected chi connectivity index (χ0v) is 13.4. The third-order valence-electron chi connectivity index (χ3n) is 3.11. The number of sulfonamides is 1. The Hall–Kier alpha value is -2.67. The molecular weight excluding hydrogens is 318 g/mol. The molecule has 0 unspecified atom stereocenters. The topological polar surface area (TPSA) is 89.5 Å². The highest BCUT2D eigenvalue weighted by Crippen LogP contribution is 2.18. The molecule has 0 saturated heterocycles. The molecule has 120 valence electrons. The average molecular weight is 333 g/mol. The first-order chi connectivity index (χ1) is 10.8. The number of carbonyl (C=O) groups excluding carboxylic acids is 2. The lowest BCUT2D eigenvalue weighted by molar-refractivity contribution is 0.0600. The van der Waals surface area contributed by atoms with Crippen LogP contribution < -0.4 is 4.72 Å². The third-order valence-corrected chi connectivity index (χ3v) is 4.49. The van der Waals surface area contributed by atoms with Crippen molar-refractivity contribution < 1.29 is 22.7 Å². The summed E-state index contributed by atoms with van der Waals surface area (Å²) < 4.78 is 31.7. The Kier molecular flexibility index (Phi) is 4.80. The van der Waals surface area contributed by atoms with E-state index in [0.717, 1.165) is 0 Å². The van der Waals surface area contributed by atoms with E-state index >= 15 is 0 Å². The fourth-order valence-corrected chi connectivity index (χ4v) is 3.00. The van der Waals surface area contributed by atoms with E-state index in [1.807, 2.05) is 0 Å². The molecule has 0 aliphatic rings. The van der Waals surface area contributed by atoms with Gasteiger partial charge in [-0.3, -0.25) is 9.52 Å². The van der Waals surface area contributed by atoms with Crippen molar-refractivity contribution in [1.29, 1.82) is 0 Å². The van der Waals surface area contributed by atoms with E-state index in [9.17, 15) is 18.0 Å². The number of hydrogen-bond acceptors (Lipinski definition) is 5. The highest BCUT2D eigenvalue weighted by atomic mass is 32.2. The van der Waals surface area contributed by atoms with Crippen LogP contribution in [0.15, 0.2) is 53.4 Å². The lowest BCUT2D eigenvalue weighted by Gasteiger charge is -2.09. The summed E-state index contributed by atoms with van der Waals surface area (Å²) in [6.45, 7) is 1.43. The van der Waals surface area contributed by atoms with Crippen LogP contribution in [-0.4, -0.2) is 27.3 Å². The van der Waals surface area contributed by atoms with Crippen LogP contribution in [0.5, 0.6) is 0 Å². The number of benzene rings is 2. The molecule has 6 nitrogen and oxygen atoms in total. The molecule has 2 rings (SSSR count). The molecule has 0 amide bonds. The van der Waals surface area contributed by atoms with E-state index in [2.05, 4.69) is 9.46 Å². The van der Waals surface area contributed by atoms with Crippen LogP contribution in [0.25, 0.3) is 0 Å². The third kappa shape index (κ3) is 3.95. The number of ether oxygens (including phenoxy) is 1. The molecule has 7 heteroatoms. The van der Waals surface area contributed by atoms with Gasteiger partial charge in [-0.05, 0) is 49.4 Å². The predicted octanol–water partition coefficient (Wildman–Crippen LogP) is 2.48. The molecule has 0 heterocycles. The van der Waals surface area contributed by atoms with Gasteiger partial charge in [0.2, 0.25) is 0 Å². The van der Waals surface area contributed by atoms with Crippen molar-refractivity contribution in [2.75, 3.05) is 11.8 Å². The largest absolute Gasteiger partial charge is 0.465 e. The molecule has 2 aromatic rings. The minimum Gasteiger partial charge on any atom is -0.465 e. The molecule has 0 aliphatic carbocycles. The normalized spacial score (nSPS) is 10.9. The van der Waals surface area contributed by atoms with Crippen LogP contribution in [0, 0.1) is 0 Å². The summed E-state index contributed by atoms with van der Waals surface area (Å²) in [6, 6.07) is 11.6. The molecule has 0 radical (unpaired) electrons. The number of Topliss-reactive ketones (excluding diaryl/α,β-unsaturated/α-hetero) is 1. The summed E-state index contributed by atoms with van der Waals surface area (Å²) in [5.74, 6) is -0.724. The molecule has 2 aromatic carbocycles. The maximum absolute atomic E-state index is 12.4. The number of anilines is 1. The van der Waals surface area contributed by atoms with E-state index in [4.69, 9.17) is 0 Å². The summed E-state index contributed by atoms with van der Waals surface area (Å²) in [6.07, 6.45) is 0. The summed E-state index contributed by atoms with van der Waals surface area (Å²) in [5.41, 5.74) is 0.946. The zero-order chi connectivity index (χ0) is 17.0. The van der Waals surface area contributed by atoms with Crippen molar-refractivity contribution in [2.45, 2.75) is 11.8 Å². The van der Waals surface area contributed by atoms with E-state index in [1.165, 1.54) is 62.6 Å². The second-order valence-corrected chi connectivity index (χ2v) is 6.44.